The van der Waals surface area contributed by atoms with Crippen molar-refractivity contribution in [2.75, 3.05) is 24.9 Å². The summed E-state index contributed by atoms with van der Waals surface area (Å²) in [6, 6.07) is 12.9. The van der Waals surface area contributed by atoms with Gasteiger partial charge >= 0.3 is 5.97 Å². The van der Waals surface area contributed by atoms with Crippen molar-refractivity contribution in [1.29, 1.82) is 0 Å². The van der Waals surface area contributed by atoms with Crippen molar-refractivity contribution in [3.63, 3.8) is 0 Å². The lowest BCUT2D eigenvalue weighted by atomic mass is 10.2. The molecule has 8 nitrogen and oxygen atoms in total. The second-order valence-electron chi connectivity index (χ2n) is 7.33. The summed E-state index contributed by atoms with van der Waals surface area (Å²) in [4.78, 5) is 25.7. The van der Waals surface area contributed by atoms with E-state index in [1.54, 1.807) is 31.5 Å². The summed E-state index contributed by atoms with van der Waals surface area (Å²) in [5.74, 6) is 1.26. The van der Waals surface area contributed by atoms with Crippen LogP contribution in [0.15, 0.2) is 48.7 Å². The Hall–Kier alpha value is -3.68. The largest absolute Gasteiger partial charge is 0.495 e. The topological polar surface area (TPSA) is 98.3 Å². The lowest BCUT2D eigenvalue weighted by molar-refractivity contribution is 0.0600. The van der Waals surface area contributed by atoms with Crippen LogP contribution in [0.2, 0.25) is 0 Å². The van der Waals surface area contributed by atoms with Crippen molar-refractivity contribution >= 4 is 23.4 Å². The second kappa shape index (κ2) is 9.42. The molecule has 1 aliphatic rings. The number of hydrogen-bond acceptors (Lipinski definition) is 8. The van der Waals surface area contributed by atoms with Crippen LogP contribution in [0.25, 0.3) is 11.4 Å². The maximum atomic E-state index is 12.0. The van der Waals surface area contributed by atoms with E-state index < -0.39 is 5.97 Å². The number of benzene rings is 1. The number of ether oxygens (including phenoxy) is 2. The van der Waals surface area contributed by atoms with Gasteiger partial charge in [0.2, 0.25) is 5.95 Å². The van der Waals surface area contributed by atoms with E-state index in [4.69, 9.17) is 9.47 Å². The molecule has 0 saturated heterocycles. The molecule has 0 aliphatic heterocycles. The Morgan fingerprint density at radius 1 is 1.03 bits per heavy atom. The molecule has 0 radical (unpaired) electrons. The van der Waals surface area contributed by atoms with Gasteiger partial charge in [-0.1, -0.05) is 18.9 Å². The maximum absolute atomic E-state index is 12.0. The summed E-state index contributed by atoms with van der Waals surface area (Å²) in [5.41, 5.74) is 2.45. The Balaban J connectivity index is 1.70. The van der Waals surface area contributed by atoms with Crippen molar-refractivity contribution < 1.29 is 14.3 Å². The van der Waals surface area contributed by atoms with Gasteiger partial charge in [0.05, 0.1) is 36.9 Å². The highest BCUT2D eigenvalue weighted by Crippen LogP contribution is 2.30. The summed E-state index contributed by atoms with van der Waals surface area (Å²) in [7, 11) is 2.93. The van der Waals surface area contributed by atoms with Gasteiger partial charge < -0.3 is 20.1 Å². The van der Waals surface area contributed by atoms with Gasteiger partial charge in [0.25, 0.3) is 0 Å². The molecule has 1 fully saturated rings. The van der Waals surface area contributed by atoms with Crippen molar-refractivity contribution in [2.45, 2.75) is 31.7 Å². The molecule has 160 valence electrons. The Bertz CT molecular complexity index is 1050. The number of nitrogens with zero attached hydrogens (tertiary/aromatic N) is 3. The average Bonchev–Trinajstić information content (AvgIpc) is 3.32. The molecule has 1 aliphatic carbocycles. The molecule has 2 heterocycles. The Kier molecular flexibility index (Phi) is 6.26. The van der Waals surface area contributed by atoms with Crippen LogP contribution in [0.1, 0.15) is 36.0 Å². The zero-order valence-electron chi connectivity index (χ0n) is 17.6. The van der Waals surface area contributed by atoms with Gasteiger partial charge in [-0.15, -0.1) is 0 Å². The average molecular weight is 419 g/mol. The zero-order valence-corrected chi connectivity index (χ0v) is 17.6. The number of pyridine rings is 1. The van der Waals surface area contributed by atoms with Gasteiger partial charge in [-0.25, -0.2) is 9.78 Å². The fourth-order valence-electron chi connectivity index (χ4n) is 3.66. The van der Waals surface area contributed by atoms with Crippen molar-refractivity contribution in [1.82, 2.24) is 15.0 Å². The Morgan fingerprint density at radius 2 is 1.87 bits per heavy atom. The van der Waals surface area contributed by atoms with Crippen LogP contribution in [-0.2, 0) is 4.74 Å². The summed E-state index contributed by atoms with van der Waals surface area (Å²) in [6.07, 6.45) is 6.36. The second-order valence-corrected chi connectivity index (χ2v) is 7.33. The SMILES string of the molecule is COC(=O)c1ccc(OC)c(Nc2cc(-c3ccccn3)nc(NC3CCCC3)n2)c1. The Labute approximate surface area is 181 Å². The number of carbonyl (C=O) groups is 1. The molecule has 8 heteroatoms. The molecule has 2 aromatic heterocycles. The molecule has 0 spiro atoms. The van der Waals surface area contributed by atoms with Crippen LogP contribution >= 0.6 is 0 Å². The van der Waals surface area contributed by atoms with Crippen molar-refractivity contribution in [3.8, 4) is 17.1 Å². The summed E-state index contributed by atoms with van der Waals surface area (Å²) in [6.45, 7) is 0. The molecule has 31 heavy (non-hydrogen) atoms. The number of aromatic nitrogens is 3. The normalized spacial score (nSPS) is 13.6. The third-order valence-corrected chi connectivity index (χ3v) is 5.23. The van der Waals surface area contributed by atoms with Gasteiger partial charge in [-0.3, -0.25) is 4.98 Å². The van der Waals surface area contributed by atoms with Crippen molar-refractivity contribution in [2.24, 2.45) is 0 Å². The predicted molar refractivity (Wildman–Crippen MR) is 119 cm³/mol. The minimum Gasteiger partial charge on any atom is -0.495 e. The van der Waals surface area contributed by atoms with E-state index in [-0.39, 0.29) is 0 Å². The molecule has 0 unspecified atom stereocenters. The van der Waals surface area contributed by atoms with E-state index in [2.05, 4.69) is 25.6 Å². The van der Waals surface area contributed by atoms with Crippen LogP contribution in [0, 0.1) is 0 Å². The minimum absolute atomic E-state index is 0.365. The summed E-state index contributed by atoms with van der Waals surface area (Å²) < 4.78 is 10.3. The third-order valence-electron chi connectivity index (χ3n) is 5.23. The fourth-order valence-corrected chi connectivity index (χ4v) is 3.66. The highest BCUT2D eigenvalue weighted by atomic mass is 16.5. The van der Waals surface area contributed by atoms with Crippen LogP contribution in [-0.4, -0.2) is 41.2 Å². The van der Waals surface area contributed by atoms with Crippen LogP contribution in [0.3, 0.4) is 0 Å². The predicted octanol–water partition coefficient (Wildman–Crippen LogP) is 4.43. The molecular weight excluding hydrogens is 394 g/mol. The van der Waals surface area contributed by atoms with E-state index in [1.807, 2.05) is 24.3 Å². The van der Waals surface area contributed by atoms with E-state index in [0.717, 1.165) is 18.5 Å². The number of nitrogens with one attached hydrogen (secondary N) is 2. The number of esters is 1. The monoisotopic (exact) mass is 419 g/mol. The molecule has 4 rings (SSSR count). The van der Waals surface area contributed by atoms with Gasteiger partial charge in [-0.05, 0) is 43.2 Å². The lowest BCUT2D eigenvalue weighted by Crippen LogP contribution is -2.17. The molecular formula is C23H25N5O3. The number of carbonyl (C=O) groups excluding carboxylic acids is 1. The van der Waals surface area contributed by atoms with E-state index in [9.17, 15) is 4.79 Å². The van der Waals surface area contributed by atoms with Gasteiger partial charge in [0.1, 0.15) is 11.6 Å². The first-order chi connectivity index (χ1) is 15.2. The molecule has 1 aromatic carbocycles. The first-order valence-corrected chi connectivity index (χ1v) is 10.3. The number of hydrogen-bond donors (Lipinski definition) is 2. The molecule has 0 bridgehead atoms. The molecule has 0 atom stereocenters. The molecule has 2 N–H and O–H groups in total. The smallest absolute Gasteiger partial charge is 0.337 e. The minimum atomic E-state index is -0.425. The number of methoxy groups -OCH3 is 2. The summed E-state index contributed by atoms with van der Waals surface area (Å²) in [5, 5.41) is 6.72. The van der Waals surface area contributed by atoms with E-state index in [1.165, 1.54) is 20.0 Å². The quantitative estimate of drug-likeness (QED) is 0.543. The highest BCUT2D eigenvalue weighted by molar-refractivity contribution is 5.91. The molecule has 3 aromatic rings. The third kappa shape index (κ3) is 4.91. The molecule has 1 saturated carbocycles. The van der Waals surface area contributed by atoms with E-state index >= 15 is 0 Å². The summed E-state index contributed by atoms with van der Waals surface area (Å²) >= 11 is 0. The first kappa shape index (κ1) is 20.6. The lowest BCUT2D eigenvalue weighted by Gasteiger charge is -2.16. The standard InChI is InChI=1S/C23H25N5O3/c1-30-20-11-10-15(22(29)31-2)13-19(20)26-21-14-18(17-9-5-6-12-24-17)27-23(28-21)25-16-7-3-4-8-16/h5-6,9-14,16H,3-4,7-8H2,1-2H3,(H2,25,26,27,28). The number of anilines is 3. The fraction of sp³-hybridized carbons (Fsp3) is 0.304. The van der Waals surface area contributed by atoms with Gasteiger partial charge in [0, 0.05) is 18.3 Å². The zero-order chi connectivity index (χ0) is 21.6. The van der Waals surface area contributed by atoms with Crippen LogP contribution < -0.4 is 15.4 Å². The van der Waals surface area contributed by atoms with E-state index in [0.29, 0.717) is 40.5 Å². The highest BCUT2D eigenvalue weighted by Gasteiger charge is 2.18. The molecule has 0 amide bonds. The van der Waals surface area contributed by atoms with Crippen LogP contribution in [0.5, 0.6) is 5.75 Å². The van der Waals surface area contributed by atoms with Crippen molar-refractivity contribution in [3.05, 3.63) is 54.2 Å². The Morgan fingerprint density at radius 3 is 2.58 bits per heavy atom. The maximum Gasteiger partial charge on any atom is 0.337 e. The number of rotatable bonds is 7. The van der Waals surface area contributed by atoms with Gasteiger partial charge in [-0.2, -0.15) is 4.98 Å². The van der Waals surface area contributed by atoms with Gasteiger partial charge in [0.15, 0.2) is 0 Å². The first-order valence-electron chi connectivity index (χ1n) is 10.3. The van der Waals surface area contributed by atoms with Crippen LogP contribution in [0.4, 0.5) is 17.5 Å².